The minimum Gasteiger partial charge on any atom is -0.395 e. The van der Waals surface area contributed by atoms with Crippen LogP contribution < -0.4 is 0 Å². The molecule has 0 aliphatic heterocycles. The molecule has 11 heteroatoms. The molecule has 1 aromatic heterocycles. The lowest BCUT2D eigenvalue weighted by Crippen LogP contribution is -2.40. The Morgan fingerprint density at radius 2 is 2.11 bits per heavy atom. The van der Waals surface area contributed by atoms with E-state index in [2.05, 4.69) is 4.98 Å². The minimum atomic E-state index is -4.70. The number of thiazole rings is 1. The molecule has 0 aromatic carbocycles. The van der Waals surface area contributed by atoms with Crippen molar-refractivity contribution < 1.29 is 26.7 Å². The molecule has 1 rings (SSSR count). The van der Waals surface area contributed by atoms with Gasteiger partial charge in [-0.05, 0) is 0 Å². The highest BCUT2D eigenvalue weighted by molar-refractivity contribution is 7.91. The summed E-state index contributed by atoms with van der Waals surface area (Å²) in [7, 11) is -4.35. The SMILES string of the molecule is O=S(=O)(c1cnc(Cl)s1)N(CCO)CC(F)(F)F. The summed E-state index contributed by atoms with van der Waals surface area (Å²) in [6.07, 6.45) is -3.82. The fraction of sp³-hybridized carbons (Fsp3) is 0.571. The summed E-state index contributed by atoms with van der Waals surface area (Å²) in [4.78, 5) is 3.46. The first-order valence-electron chi connectivity index (χ1n) is 4.46. The number of nitrogens with zero attached hydrogens (tertiary/aromatic N) is 2. The lowest BCUT2D eigenvalue weighted by molar-refractivity contribution is -0.136. The van der Waals surface area contributed by atoms with Crippen molar-refractivity contribution in [2.45, 2.75) is 10.4 Å². The van der Waals surface area contributed by atoms with Crippen LogP contribution in [0.4, 0.5) is 13.2 Å². The van der Waals surface area contributed by atoms with E-state index in [9.17, 15) is 21.6 Å². The summed E-state index contributed by atoms with van der Waals surface area (Å²) in [6, 6.07) is 0. The molecule has 0 amide bonds. The van der Waals surface area contributed by atoms with E-state index in [1.54, 1.807) is 0 Å². The Morgan fingerprint density at radius 1 is 1.50 bits per heavy atom. The molecule has 0 spiro atoms. The lowest BCUT2D eigenvalue weighted by Gasteiger charge is -2.21. The Morgan fingerprint density at radius 3 is 2.50 bits per heavy atom. The van der Waals surface area contributed by atoms with E-state index in [1.165, 1.54) is 0 Å². The average molecular weight is 325 g/mol. The van der Waals surface area contributed by atoms with Crippen LogP contribution in [0.3, 0.4) is 0 Å². The quantitative estimate of drug-likeness (QED) is 0.887. The van der Waals surface area contributed by atoms with Crippen LogP contribution in [0.2, 0.25) is 4.47 Å². The molecule has 0 bridgehead atoms. The highest BCUT2D eigenvalue weighted by atomic mass is 35.5. The van der Waals surface area contributed by atoms with Gasteiger partial charge in [-0.3, -0.25) is 0 Å². The van der Waals surface area contributed by atoms with Gasteiger partial charge in [0.05, 0.1) is 12.8 Å². The van der Waals surface area contributed by atoms with Gasteiger partial charge < -0.3 is 5.11 Å². The van der Waals surface area contributed by atoms with Crippen LogP contribution >= 0.6 is 22.9 Å². The van der Waals surface area contributed by atoms with E-state index in [1.807, 2.05) is 0 Å². The van der Waals surface area contributed by atoms with E-state index >= 15 is 0 Å². The first-order chi connectivity index (χ1) is 8.16. The maximum Gasteiger partial charge on any atom is 0.402 e. The molecule has 1 aromatic rings. The van der Waals surface area contributed by atoms with Gasteiger partial charge in [0.25, 0.3) is 10.0 Å². The van der Waals surface area contributed by atoms with E-state index in [0.29, 0.717) is 11.3 Å². The van der Waals surface area contributed by atoms with Crippen molar-refractivity contribution in [1.82, 2.24) is 9.29 Å². The average Bonchev–Trinajstić information content (AvgIpc) is 2.63. The van der Waals surface area contributed by atoms with Gasteiger partial charge in [-0.25, -0.2) is 13.4 Å². The molecule has 0 fully saturated rings. The molecule has 5 nitrogen and oxygen atoms in total. The number of aromatic nitrogens is 1. The summed E-state index contributed by atoms with van der Waals surface area (Å²) in [6.45, 7) is -3.05. The number of hydrogen-bond donors (Lipinski definition) is 1. The van der Waals surface area contributed by atoms with Crippen molar-refractivity contribution >= 4 is 33.0 Å². The third-order valence-corrected chi connectivity index (χ3v) is 5.15. The van der Waals surface area contributed by atoms with Crippen LogP contribution in [0, 0.1) is 0 Å². The number of hydrogen-bond acceptors (Lipinski definition) is 5. The maximum absolute atomic E-state index is 12.3. The largest absolute Gasteiger partial charge is 0.402 e. The molecule has 18 heavy (non-hydrogen) atoms. The second-order valence-electron chi connectivity index (χ2n) is 3.11. The van der Waals surface area contributed by atoms with Crippen LogP contribution in [-0.4, -0.2) is 48.7 Å². The second kappa shape index (κ2) is 5.70. The van der Waals surface area contributed by atoms with Gasteiger partial charge in [-0.15, -0.1) is 0 Å². The fourth-order valence-corrected chi connectivity index (χ4v) is 3.95. The molecule has 0 aliphatic rings. The molecular weight excluding hydrogens is 317 g/mol. The van der Waals surface area contributed by atoms with Crippen molar-refractivity contribution in [1.29, 1.82) is 0 Å². The van der Waals surface area contributed by atoms with Crippen molar-refractivity contribution in [3.05, 3.63) is 10.7 Å². The normalized spacial score (nSPS) is 13.2. The number of alkyl halides is 3. The first-order valence-corrected chi connectivity index (χ1v) is 7.09. The highest BCUT2D eigenvalue weighted by Crippen LogP contribution is 2.27. The summed E-state index contributed by atoms with van der Waals surface area (Å²) >= 11 is 5.98. The van der Waals surface area contributed by atoms with Crippen molar-refractivity contribution in [3.63, 3.8) is 0 Å². The maximum atomic E-state index is 12.3. The Hall–Kier alpha value is -0.420. The van der Waals surface area contributed by atoms with Gasteiger partial charge in [-0.2, -0.15) is 17.5 Å². The highest BCUT2D eigenvalue weighted by Gasteiger charge is 2.37. The van der Waals surface area contributed by atoms with Crippen molar-refractivity contribution in [2.75, 3.05) is 19.7 Å². The number of halogens is 4. The number of sulfonamides is 1. The molecule has 0 atom stereocenters. The first kappa shape index (κ1) is 15.6. The molecule has 104 valence electrons. The van der Waals surface area contributed by atoms with Crippen LogP contribution in [-0.2, 0) is 10.0 Å². The molecule has 1 heterocycles. The summed E-state index contributed by atoms with van der Waals surface area (Å²) in [5.41, 5.74) is 0. The molecule has 1 N–H and O–H groups in total. The standard InChI is InChI=1S/C7H8ClF3N2O3S2/c8-6-12-3-5(17-6)18(15,16)13(1-2-14)4-7(9,10)11/h3,14H,1-2,4H2. The Bertz CT molecular complexity index is 502. The van der Waals surface area contributed by atoms with Crippen molar-refractivity contribution in [2.24, 2.45) is 0 Å². The molecule has 0 aliphatic carbocycles. The predicted molar refractivity (Wildman–Crippen MR) is 59.0 cm³/mol. The Kier molecular flexibility index (Phi) is 4.95. The zero-order valence-electron chi connectivity index (χ0n) is 8.69. The van der Waals surface area contributed by atoms with E-state index in [-0.39, 0.29) is 8.77 Å². The van der Waals surface area contributed by atoms with Crippen LogP contribution in [0.5, 0.6) is 0 Å². The van der Waals surface area contributed by atoms with Gasteiger partial charge in [0.1, 0.15) is 6.54 Å². The molecular formula is C7H8ClF3N2O3S2. The van der Waals surface area contributed by atoms with Crippen LogP contribution in [0.1, 0.15) is 0 Å². The van der Waals surface area contributed by atoms with E-state index < -0.39 is 40.1 Å². The minimum absolute atomic E-state index is 0.0930. The summed E-state index contributed by atoms with van der Waals surface area (Å²) < 4.78 is 60.1. The summed E-state index contributed by atoms with van der Waals surface area (Å²) in [5, 5.41) is 8.64. The zero-order valence-corrected chi connectivity index (χ0v) is 11.1. The zero-order chi connectivity index (χ0) is 14.0. The Balaban J connectivity index is 3.04. The number of aliphatic hydroxyl groups is 1. The smallest absolute Gasteiger partial charge is 0.395 e. The molecule has 0 saturated carbocycles. The van der Waals surface area contributed by atoms with Gasteiger partial charge in [0.2, 0.25) is 0 Å². The molecule has 0 radical (unpaired) electrons. The van der Waals surface area contributed by atoms with Crippen LogP contribution in [0.25, 0.3) is 0 Å². The lowest BCUT2D eigenvalue weighted by atomic mass is 10.6. The van der Waals surface area contributed by atoms with E-state index in [0.717, 1.165) is 6.20 Å². The summed E-state index contributed by atoms with van der Waals surface area (Å²) in [5.74, 6) is 0. The second-order valence-corrected chi connectivity index (χ2v) is 6.89. The fourth-order valence-electron chi connectivity index (χ4n) is 1.08. The number of aliphatic hydroxyl groups excluding tert-OH is 1. The van der Waals surface area contributed by atoms with Gasteiger partial charge in [0.15, 0.2) is 8.68 Å². The van der Waals surface area contributed by atoms with Gasteiger partial charge >= 0.3 is 6.18 Å². The topological polar surface area (TPSA) is 70.5 Å². The van der Waals surface area contributed by atoms with Crippen molar-refractivity contribution in [3.8, 4) is 0 Å². The predicted octanol–water partition coefficient (Wildman–Crippen LogP) is 1.34. The molecule has 0 unspecified atom stereocenters. The third-order valence-electron chi connectivity index (χ3n) is 1.76. The molecule has 0 saturated heterocycles. The van der Waals surface area contributed by atoms with Gasteiger partial charge in [-0.1, -0.05) is 22.9 Å². The third kappa shape index (κ3) is 4.05. The van der Waals surface area contributed by atoms with Crippen LogP contribution in [0.15, 0.2) is 10.4 Å². The monoisotopic (exact) mass is 324 g/mol. The Labute approximate surface area is 110 Å². The van der Waals surface area contributed by atoms with E-state index in [4.69, 9.17) is 16.7 Å². The van der Waals surface area contributed by atoms with Gasteiger partial charge in [0, 0.05) is 6.54 Å². The number of rotatable bonds is 5.